The Labute approximate surface area is 141 Å². The third-order valence-corrected chi connectivity index (χ3v) is 3.39. The first-order valence-corrected chi connectivity index (χ1v) is 7.69. The van der Waals surface area contributed by atoms with Crippen molar-refractivity contribution >= 4 is 16.7 Å². The summed E-state index contributed by atoms with van der Waals surface area (Å²) in [6, 6.07) is 11.5. The maximum Gasteiger partial charge on any atom is 0.333 e. The summed E-state index contributed by atoms with van der Waals surface area (Å²) in [6.45, 7) is 7.40. The Balaban J connectivity index is 2.10. The molecule has 2 aromatic rings. The number of carbonyl (C=O) groups is 1. The van der Waals surface area contributed by atoms with Crippen molar-refractivity contribution in [2.75, 3.05) is 20.3 Å². The molecule has 0 fully saturated rings. The summed E-state index contributed by atoms with van der Waals surface area (Å²) in [5.74, 6) is 1.01. The van der Waals surface area contributed by atoms with Gasteiger partial charge >= 0.3 is 5.97 Å². The van der Waals surface area contributed by atoms with Gasteiger partial charge in [0.05, 0.1) is 0 Å². The highest BCUT2D eigenvalue weighted by Gasteiger charge is 2.10. The van der Waals surface area contributed by atoms with Gasteiger partial charge in [0.25, 0.3) is 0 Å². The fraction of sp³-hybridized carbons (Fsp3) is 0.316. The summed E-state index contributed by atoms with van der Waals surface area (Å²) >= 11 is 0. The van der Waals surface area contributed by atoms with Gasteiger partial charge in [0.1, 0.15) is 24.7 Å². The molecule has 0 N–H and O–H groups in total. The molecule has 0 amide bonds. The summed E-state index contributed by atoms with van der Waals surface area (Å²) in [6.07, 6.45) is -0.346. The van der Waals surface area contributed by atoms with Crippen LogP contribution in [0.5, 0.6) is 11.5 Å². The number of esters is 1. The van der Waals surface area contributed by atoms with E-state index in [1.54, 1.807) is 14.0 Å². The van der Waals surface area contributed by atoms with E-state index in [4.69, 9.17) is 18.9 Å². The highest BCUT2D eigenvalue weighted by Crippen LogP contribution is 2.32. The van der Waals surface area contributed by atoms with Gasteiger partial charge in [0, 0.05) is 23.5 Å². The normalized spacial score (nSPS) is 11.8. The summed E-state index contributed by atoms with van der Waals surface area (Å²) in [7, 11) is 1.59. The zero-order valence-electron chi connectivity index (χ0n) is 14.2. The molecule has 24 heavy (non-hydrogen) atoms. The Kier molecular flexibility index (Phi) is 6.21. The van der Waals surface area contributed by atoms with E-state index in [0.29, 0.717) is 11.3 Å². The van der Waals surface area contributed by atoms with Gasteiger partial charge in [-0.2, -0.15) is 0 Å². The first-order valence-electron chi connectivity index (χ1n) is 7.69. The van der Waals surface area contributed by atoms with E-state index < -0.39 is 5.97 Å². The third kappa shape index (κ3) is 4.49. The molecule has 0 saturated heterocycles. The van der Waals surface area contributed by atoms with Crippen molar-refractivity contribution in [3.8, 4) is 11.5 Å². The zero-order chi connectivity index (χ0) is 17.5. The first-order chi connectivity index (χ1) is 11.5. The standard InChI is InChI=1S/C19H22O5/c1-13(2)19(20)23-12-11-22-17-9-5-8-16-15(17)7-6-10-18(16)24-14(3)21-4/h5-10,14H,1,11-12H2,2-4H3. The molecule has 1 unspecified atom stereocenters. The van der Waals surface area contributed by atoms with Gasteiger partial charge in [-0.15, -0.1) is 0 Å². The Morgan fingerprint density at radius 2 is 1.71 bits per heavy atom. The minimum absolute atomic E-state index is 0.166. The number of fused-ring (bicyclic) bond motifs is 1. The molecule has 0 heterocycles. The molecule has 5 nitrogen and oxygen atoms in total. The number of hydrogen-bond donors (Lipinski definition) is 0. The highest BCUT2D eigenvalue weighted by atomic mass is 16.7. The van der Waals surface area contributed by atoms with E-state index in [1.165, 1.54) is 0 Å². The topological polar surface area (TPSA) is 54.0 Å². The zero-order valence-corrected chi connectivity index (χ0v) is 14.2. The molecular weight excluding hydrogens is 308 g/mol. The SMILES string of the molecule is C=C(C)C(=O)OCCOc1cccc2c(OC(C)OC)cccc12. The van der Waals surface area contributed by atoms with Crippen LogP contribution in [0.3, 0.4) is 0 Å². The van der Waals surface area contributed by atoms with Crippen LogP contribution in [-0.2, 0) is 14.3 Å². The van der Waals surface area contributed by atoms with Crippen LogP contribution in [-0.4, -0.2) is 32.6 Å². The van der Waals surface area contributed by atoms with Crippen LogP contribution in [0.1, 0.15) is 13.8 Å². The highest BCUT2D eigenvalue weighted by molar-refractivity contribution is 5.93. The van der Waals surface area contributed by atoms with Crippen LogP contribution in [0.15, 0.2) is 48.6 Å². The third-order valence-electron chi connectivity index (χ3n) is 3.39. The Bertz CT molecular complexity index is 723. The smallest absolute Gasteiger partial charge is 0.333 e. The second kappa shape index (κ2) is 8.36. The average molecular weight is 330 g/mol. The number of carbonyl (C=O) groups excluding carboxylic acids is 1. The van der Waals surface area contributed by atoms with Crippen LogP contribution >= 0.6 is 0 Å². The van der Waals surface area contributed by atoms with Crippen molar-refractivity contribution in [1.29, 1.82) is 0 Å². The molecule has 128 valence electrons. The molecule has 0 bridgehead atoms. The van der Waals surface area contributed by atoms with Crippen LogP contribution in [0.2, 0.25) is 0 Å². The minimum Gasteiger partial charge on any atom is -0.489 e. The first kappa shape index (κ1) is 17.8. The predicted molar refractivity (Wildman–Crippen MR) is 92.3 cm³/mol. The van der Waals surface area contributed by atoms with Crippen LogP contribution in [0, 0.1) is 0 Å². The van der Waals surface area contributed by atoms with Crippen molar-refractivity contribution in [3.63, 3.8) is 0 Å². The number of methoxy groups -OCH3 is 1. The number of hydrogen-bond acceptors (Lipinski definition) is 5. The molecule has 0 saturated carbocycles. The largest absolute Gasteiger partial charge is 0.489 e. The van der Waals surface area contributed by atoms with E-state index in [1.807, 2.05) is 43.3 Å². The molecule has 1 atom stereocenters. The van der Waals surface area contributed by atoms with E-state index in [-0.39, 0.29) is 19.5 Å². The molecule has 0 aromatic heterocycles. The number of rotatable bonds is 8. The Hall–Kier alpha value is -2.53. The summed E-state index contributed by atoms with van der Waals surface area (Å²) in [4.78, 5) is 11.3. The maximum atomic E-state index is 11.3. The maximum absolute atomic E-state index is 11.3. The molecule has 5 heteroatoms. The number of benzene rings is 2. The van der Waals surface area contributed by atoms with Gasteiger partial charge in [-0.3, -0.25) is 0 Å². The lowest BCUT2D eigenvalue weighted by molar-refractivity contribution is -0.139. The molecule has 0 radical (unpaired) electrons. The molecule has 0 aliphatic heterocycles. The Morgan fingerprint density at radius 1 is 1.08 bits per heavy atom. The number of ether oxygens (including phenoxy) is 4. The monoisotopic (exact) mass is 330 g/mol. The van der Waals surface area contributed by atoms with Gasteiger partial charge in [-0.1, -0.05) is 30.8 Å². The van der Waals surface area contributed by atoms with Gasteiger partial charge in [0.15, 0.2) is 6.29 Å². The van der Waals surface area contributed by atoms with E-state index in [0.717, 1.165) is 16.5 Å². The molecule has 2 rings (SSSR count). The summed E-state index contributed by atoms with van der Waals surface area (Å²) < 4.78 is 21.7. The fourth-order valence-electron chi connectivity index (χ4n) is 2.12. The Morgan fingerprint density at radius 3 is 2.33 bits per heavy atom. The van der Waals surface area contributed by atoms with Crippen molar-refractivity contribution < 1.29 is 23.7 Å². The van der Waals surface area contributed by atoms with E-state index >= 15 is 0 Å². The second-order valence-corrected chi connectivity index (χ2v) is 5.29. The van der Waals surface area contributed by atoms with Crippen molar-refractivity contribution in [1.82, 2.24) is 0 Å². The summed E-state index contributed by atoms with van der Waals surface area (Å²) in [5.41, 5.74) is 0.370. The van der Waals surface area contributed by atoms with E-state index in [2.05, 4.69) is 6.58 Å². The van der Waals surface area contributed by atoms with Crippen molar-refractivity contribution in [2.45, 2.75) is 20.1 Å². The van der Waals surface area contributed by atoms with Crippen molar-refractivity contribution in [2.24, 2.45) is 0 Å². The lowest BCUT2D eigenvalue weighted by Gasteiger charge is -2.16. The average Bonchev–Trinajstić information content (AvgIpc) is 2.58. The lowest BCUT2D eigenvalue weighted by atomic mass is 10.1. The van der Waals surface area contributed by atoms with Gasteiger partial charge in [0.2, 0.25) is 0 Å². The van der Waals surface area contributed by atoms with Gasteiger partial charge < -0.3 is 18.9 Å². The van der Waals surface area contributed by atoms with Crippen molar-refractivity contribution in [3.05, 3.63) is 48.6 Å². The molecule has 0 aliphatic carbocycles. The van der Waals surface area contributed by atoms with E-state index in [9.17, 15) is 4.79 Å². The van der Waals surface area contributed by atoms with Crippen LogP contribution in [0.25, 0.3) is 10.8 Å². The van der Waals surface area contributed by atoms with Gasteiger partial charge in [-0.05, 0) is 26.0 Å². The summed E-state index contributed by atoms with van der Waals surface area (Å²) in [5, 5.41) is 1.85. The predicted octanol–water partition coefficient (Wildman–Crippen LogP) is 3.71. The quantitative estimate of drug-likeness (QED) is 0.320. The molecule has 0 aliphatic rings. The second-order valence-electron chi connectivity index (χ2n) is 5.29. The van der Waals surface area contributed by atoms with Gasteiger partial charge in [-0.25, -0.2) is 4.79 Å². The molecule has 0 spiro atoms. The fourth-order valence-corrected chi connectivity index (χ4v) is 2.12. The van der Waals surface area contributed by atoms with Crippen LogP contribution in [0.4, 0.5) is 0 Å². The molecular formula is C19H22O5. The van der Waals surface area contributed by atoms with Crippen LogP contribution < -0.4 is 9.47 Å². The lowest BCUT2D eigenvalue weighted by Crippen LogP contribution is -2.14. The molecule has 2 aromatic carbocycles. The minimum atomic E-state index is -0.416.